The highest BCUT2D eigenvalue weighted by molar-refractivity contribution is 9.39. The Morgan fingerprint density at radius 3 is 2.20 bits per heavy atom. The molecular weight excluding hydrogens is 324 g/mol. The summed E-state index contributed by atoms with van der Waals surface area (Å²) in [5.74, 6) is 0. The van der Waals surface area contributed by atoms with Gasteiger partial charge in [-0.2, -0.15) is 0 Å². The Balaban J connectivity index is 3.12. The van der Waals surface area contributed by atoms with Crippen LogP contribution in [0.1, 0.15) is 25.7 Å². The molecule has 0 saturated carbocycles. The van der Waals surface area contributed by atoms with E-state index in [1.54, 1.807) is 0 Å². The molecule has 0 spiro atoms. The summed E-state index contributed by atoms with van der Waals surface area (Å²) in [5.41, 5.74) is 0. The van der Waals surface area contributed by atoms with Gasteiger partial charge in [0.25, 0.3) is 0 Å². The van der Waals surface area contributed by atoms with Crippen LogP contribution < -0.4 is 0 Å². The van der Waals surface area contributed by atoms with Crippen molar-refractivity contribution in [3.63, 3.8) is 0 Å². The Morgan fingerprint density at radius 1 is 1.20 bits per heavy atom. The molecule has 0 amide bonds. The van der Waals surface area contributed by atoms with Gasteiger partial charge in [-0.1, -0.05) is 60.3 Å². The third-order valence-electron chi connectivity index (χ3n) is 1.12. The van der Waals surface area contributed by atoms with E-state index in [0.717, 1.165) is 12.8 Å². The number of halogens is 3. The molecule has 0 bridgehead atoms. The van der Waals surface area contributed by atoms with Crippen LogP contribution in [0.4, 0.5) is 0 Å². The molecule has 0 aliphatic rings. The molecule has 0 radical (unpaired) electrons. The SMILES string of the molecule is C=CCCCCC(Br)(Br)Br. The molecule has 0 aromatic heterocycles. The highest BCUT2D eigenvalue weighted by atomic mass is 80.0. The van der Waals surface area contributed by atoms with Crippen molar-refractivity contribution in [3.8, 4) is 0 Å². The van der Waals surface area contributed by atoms with Crippen molar-refractivity contribution in [2.45, 2.75) is 27.8 Å². The van der Waals surface area contributed by atoms with Crippen LogP contribution >= 0.6 is 47.8 Å². The summed E-state index contributed by atoms with van der Waals surface area (Å²) in [4.78, 5) is 0. The molecule has 0 aromatic rings. The van der Waals surface area contributed by atoms with Crippen LogP contribution in [0.3, 0.4) is 0 Å². The first-order chi connectivity index (χ1) is 4.56. The van der Waals surface area contributed by atoms with E-state index in [2.05, 4.69) is 54.4 Å². The maximum Gasteiger partial charge on any atom is 0.135 e. The molecule has 0 aromatic carbocycles. The second-order valence-corrected chi connectivity index (χ2v) is 9.40. The molecule has 0 heterocycles. The molecule has 0 rings (SSSR count). The van der Waals surface area contributed by atoms with Crippen LogP contribution in [-0.4, -0.2) is 2.14 Å². The van der Waals surface area contributed by atoms with Gasteiger partial charge >= 0.3 is 0 Å². The molecule has 3 heteroatoms. The normalized spacial score (nSPS) is 11.5. The number of alkyl halides is 3. The molecule has 0 aliphatic carbocycles. The van der Waals surface area contributed by atoms with Crippen LogP contribution in [0.15, 0.2) is 12.7 Å². The van der Waals surface area contributed by atoms with Crippen molar-refractivity contribution < 1.29 is 0 Å². The van der Waals surface area contributed by atoms with Crippen molar-refractivity contribution in [2.75, 3.05) is 0 Å². The van der Waals surface area contributed by atoms with Gasteiger partial charge in [-0.15, -0.1) is 6.58 Å². The van der Waals surface area contributed by atoms with Gasteiger partial charge in [0.1, 0.15) is 2.14 Å². The Hall–Kier alpha value is 1.18. The molecule has 10 heavy (non-hydrogen) atoms. The predicted molar refractivity (Wildman–Crippen MR) is 58.2 cm³/mol. The number of unbranched alkanes of at least 4 members (excludes halogenated alkanes) is 2. The molecule has 0 saturated heterocycles. The summed E-state index contributed by atoms with van der Waals surface area (Å²) < 4.78 is -0.0475. The molecule has 0 unspecified atom stereocenters. The number of allylic oxidation sites excluding steroid dienone is 1. The molecule has 0 nitrogen and oxygen atoms in total. The van der Waals surface area contributed by atoms with Gasteiger partial charge in [0.05, 0.1) is 0 Å². The van der Waals surface area contributed by atoms with Crippen LogP contribution in [0, 0.1) is 0 Å². The van der Waals surface area contributed by atoms with Gasteiger partial charge in [-0.25, -0.2) is 0 Å². The highest BCUT2D eigenvalue weighted by Crippen LogP contribution is 2.38. The summed E-state index contributed by atoms with van der Waals surface area (Å²) in [6.45, 7) is 3.66. The van der Waals surface area contributed by atoms with Crippen LogP contribution in [-0.2, 0) is 0 Å². The van der Waals surface area contributed by atoms with Gasteiger partial charge in [0.15, 0.2) is 0 Å². The average Bonchev–Trinajstić information content (AvgIpc) is 1.78. The fraction of sp³-hybridized carbons (Fsp3) is 0.714. The quantitative estimate of drug-likeness (QED) is 0.401. The Labute approximate surface area is 87.8 Å². The number of hydrogen-bond acceptors (Lipinski definition) is 0. The standard InChI is InChI=1S/C7H11Br3/c1-2-3-4-5-6-7(8,9)10/h2H,1,3-6H2. The lowest BCUT2D eigenvalue weighted by molar-refractivity contribution is 0.720. The van der Waals surface area contributed by atoms with Gasteiger partial charge < -0.3 is 0 Å². The van der Waals surface area contributed by atoms with Gasteiger partial charge in [-0.05, 0) is 19.3 Å². The highest BCUT2D eigenvalue weighted by Gasteiger charge is 2.15. The zero-order valence-corrected chi connectivity index (χ0v) is 10.5. The lowest BCUT2D eigenvalue weighted by Gasteiger charge is -2.09. The Kier molecular flexibility index (Phi) is 6.47. The van der Waals surface area contributed by atoms with Gasteiger partial charge in [0.2, 0.25) is 0 Å². The Bertz CT molecular complexity index is 93.5. The first-order valence-electron chi connectivity index (χ1n) is 3.24. The lowest BCUT2D eigenvalue weighted by atomic mass is 10.2. The zero-order chi connectivity index (χ0) is 8.04. The smallest absolute Gasteiger partial charge is 0.103 e. The lowest BCUT2D eigenvalue weighted by Crippen LogP contribution is -1.97. The topological polar surface area (TPSA) is 0 Å². The second kappa shape index (κ2) is 5.78. The van der Waals surface area contributed by atoms with E-state index < -0.39 is 0 Å². The molecule has 0 aliphatic heterocycles. The fourth-order valence-corrected chi connectivity index (χ4v) is 1.46. The fourth-order valence-electron chi connectivity index (χ4n) is 0.614. The first-order valence-corrected chi connectivity index (χ1v) is 5.62. The van der Waals surface area contributed by atoms with E-state index in [1.807, 2.05) is 6.08 Å². The number of hydrogen-bond donors (Lipinski definition) is 0. The summed E-state index contributed by atoms with van der Waals surface area (Å²) in [5, 5.41) is 0. The third kappa shape index (κ3) is 9.18. The van der Waals surface area contributed by atoms with Crippen LogP contribution in [0.25, 0.3) is 0 Å². The van der Waals surface area contributed by atoms with Crippen LogP contribution in [0.5, 0.6) is 0 Å². The van der Waals surface area contributed by atoms with Crippen LogP contribution in [0.2, 0.25) is 0 Å². The Morgan fingerprint density at radius 2 is 1.80 bits per heavy atom. The first kappa shape index (κ1) is 11.2. The third-order valence-corrected chi connectivity index (χ3v) is 2.31. The van der Waals surface area contributed by atoms with E-state index in [9.17, 15) is 0 Å². The van der Waals surface area contributed by atoms with E-state index >= 15 is 0 Å². The summed E-state index contributed by atoms with van der Waals surface area (Å²) in [6.07, 6.45) is 6.57. The molecule has 0 atom stereocenters. The summed E-state index contributed by atoms with van der Waals surface area (Å²) >= 11 is 10.3. The van der Waals surface area contributed by atoms with Crippen molar-refractivity contribution >= 4 is 47.8 Å². The summed E-state index contributed by atoms with van der Waals surface area (Å²) in [7, 11) is 0. The van der Waals surface area contributed by atoms with Gasteiger partial charge in [0, 0.05) is 0 Å². The minimum atomic E-state index is -0.0475. The van der Waals surface area contributed by atoms with E-state index in [-0.39, 0.29) is 2.14 Å². The van der Waals surface area contributed by atoms with E-state index in [0.29, 0.717) is 0 Å². The predicted octanol–water partition coefficient (Wildman–Crippen LogP) is 4.57. The molecule has 0 N–H and O–H groups in total. The molecule has 0 fully saturated rings. The average molecular weight is 335 g/mol. The van der Waals surface area contributed by atoms with Crippen molar-refractivity contribution in [1.29, 1.82) is 0 Å². The molecule has 60 valence electrons. The second-order valence-electron chi connectivity index (χ2n) is 2.15. The summed E-state index contributed by atoms with van der Waals surface area (Å²) in [6, 6.07) is 0. The van der Waals surface area contributed by atoms with Crippen molar-refractivity contribution in [3.05, 3.63) is 12.7 Å². The monoisotopic (exact) mass is 332 g/mol. The maximum absolute atomic E-state index is 3.66. The van der Waals surface area contributed by atoms with E-state index in [4.69, 9.17) is 0 Å². The van der Waals surface area contributed by atoms with E-state index in [1.165, 1.54) is 12.8 Å². The zero-order valence-electron chi connectivity index (χ0n) is 5.75. The minimum Gasteiger partial charge on any atom is -0.103 e. The van der Waals surface area contributed by atoms with Crippen molar-refractivity contribution in [1.82, 2.24) is 0 Å². The minimum absolute atomic E-state index is 0.0475. The number of rotatable bonds is 4. The maximum atomic E-state index is 3.66. The van der Waals surface area contributed by atoms with Crippen molar-refractivity contribution in [2.24, 2.45) is 0 Å². The molecular formula is C7H11Br3. The van der Waals surface area contributed by atoms with Gasteiger partial charge in [-0.3, -0.25) is 0 Å². The largest absolute Gasteiger partial charge is 0.135 e.